The van der Waals surface area contributed by atoms with E-state index in [2.05, 4.69) is 0 Å². The van der Waals surface area contributed by atoms with E-state index in [9.17, 15) is 9.59 Å². The molecule has 92 valence electrons. The minimum absolute atomic E-state index is 0.0835. The smallest absolute Gasteiger partial charge is 0.224 e. The fourth-order valence-corrected chi connectivity index (χ4v) is 1.94. The van der Waals surface area contributed by atoms with Crippen LogP contribution < -0.4 is 0 Å². The number of ketones is 1. The third kappa shape index (κ3) is 3.97. The molecule has 0 spiro atoms. The first-order chi connectivity index (χ1) is 8.06. The molecule has 0 fully saturated rings. The minimum atomic E-state index is -0.443. The predicted molar refractivity (Wildman–Crippen MR) is 69.1 cm³/mol. The molecular formula is C14H17ClO2. The van der Waals surface area contributed by atoms with E-state index < -0.39 is 11.2 Å². The molecule has 0 radical (unpaired) electrons. The Kier molecular flexibility index (Phi) is 5.36. The zero-order chi connectivity index (χ0) is 12.8. The van der Waals surface area contributed by atoms with Crippen molar-refractivity contribution in [1.29, 1.82) is 0 Å². The lowest BCUT2D eigenvalue weighted by molar-refractivity contribution is -0.124. The van der Waals surface area contributed by atoms with Crippen molar-refractivity contribution in [1.82, 2.24) is 0 Å². The maximum Gasteiger partial charge on any atom is 0.224 e. The molecule has 17 heavy (non-hydrogen) atoms. The maximum atomic E-state index is 12.1. The van der Waals surface area contributed by atoms with Crippen LogP contribution in [0.5, 0.6) is 0 Å². The number of benzene rings is 1. The van der Waals surface area contributed by atoms with E-state index in [-0.39, 0.29) is 18.1 Å². The summed E-state index contributed by atoms with van der Waals surface area (Å²) < 4.78 is 0. The van der Waals surface area contributed by atoms with Gasteiger partial charge in [-0.15, -0.1) is 0 Å². The van der Waals surface area contributed by atoms with Crippen LogP contribution in [0.1, 0.15) is 38.2 Å². The summed E-state index contributed by atoms with van der Waals surface area (Å²) in [5, 5.41) is -0.443. The summed E-state index contributed by atoms with van der Waals surface area (Å²) in [4.78, 5) is 23.0. The molecule has 1 rings (SSSR count). The molecule has 0 saturated heterocycles. The Morgan fingerprint density at radius 1 is 1.24 bits per heavy atom. The van der Waals surface area contributed by atoms with Gasteiger partial charge in [0.15, 0.2) is 0 Å². The van der Waals surface area contributed by atoms with Crippen molar-refractivity contribution >= 4 is 22.6 Å². The van der Waals surface area contributed by atoms with Crippen molar-refractivity contribution in [2.75, 3.05) is 0 Å². The van der Waals surface area contributed by atoms with Gasteiger partial charge in [0.05, 0.1) is 0 Å². The molecule has 0 N–H and O–H groups in total. The second-order valence-electron chi connectivity index (χ2n) is 4.25. The number of rotatable bonds is 6. The van der Waals surface area contributed by atoms with E-state index >= 15 is 0 Å². The molecule has 1 aromatic carbocycles. The lowest BCUT2D eigenvalue weighted by Crippen LogP contribution is -2.17. The Balaban J connectivity index is 2.75. The van der Waals surface area contributed by atoms with Crippen molar-refractivity contribution in [2.45, 2.75) is 32.6 Å². The molecule has 2 nitrogen and oxygen atoms in total. The number of carbonyl (C=O) groups excluding carboxylic acids is 2. The van der Waals surface area contributed by atoms with Crippen LogP contribution in [-0.2, 0) is 9.59 Å². The summed E-state index contributed by atoms with van der Waals surface area (Å²) in [7, 11) is 0. The first-order valence-corrected chi connectivity index (χ1v) is 6.21. The Labute approximate surface area is 107 Å². The van der Waals surface area contributed by atoms with Gasteiger partial charge in [-0.25, -0.2) is 0 Å². The van der Waals surface area contributed by atoms with Crippen LogP contribution in [0.4, 0.5) is 0 Å². The minimum Gasteiger partial charge on any atom is -0.299 e. The third-order valence-corrected chi connectivity index (χ3v) is 3.27. The molecule has 0 aromatic heterocycles. The van der Waals surface area contributed by atoms with Gasteiger partial charge in [-0.2, -0.15) is 0 Å². The topological polar surface area (TPSA) is 34.1 Å². The Morgan fingerprint density at radius 3 is 2.29 bits per heavy atom. The van der Waals surface area contributed by atoms with Gasteiger partial charge in [-0.3, -0.25) is 9.59 Å². The van der Waals surface area contributed by atoms with Crippen LogP contribution in [0.15, 0.2) is 30.3 Å². The largest absolute Gasteiger partial charge is 0.299 e. The molecule has 3 heteroatoms. The summed E-state index contributed by atoms with van der Waals surface area (Å²) in [6, 6.07) is 9.65. The number of carbonyl (C=O) groups is 2. The Morgan fingerprint density at radius 2 is 1.82 bits per heavy atom. The van der Waals surface area contributed by atoms with E-state index in [0.717, 1.165) is 12.0 Å². The van der Waals surface area contributed by atoms with E-state index in [4.69, 9.17) is 11.6 Å². The van der Waals surface area contributed by atoms with Crippen LogP contribution >= 0.6 is 11.6 Å². The van der Waals surface area contributed by atoms with Crippen LogP contribution in [0.2, 0.25) is 0 Å². The van der Waals surface area contributed by atoms with E-state index in [0.29, 0.717) is 0 Å². The third-order valence-electron chi connectivity index (χ3n) is 2.89. The standard InChI is InChI=1S/C14H17ClO2/c1-3-12(11-7-5-4-6-8-11)13(16)9-10(2)14(15)17/h4-8,10,12H,3,9H2,1-2H3. The van der Waals surface area contributed by atoms with Crippen LogP contribution in [0.3, 0.4) is 0 Å². The SMILES string of the molecule is CCC(C(=O)CC(C)C(=O)Cl)c1ccccc1. The number of hydrogen-bond donors (Lipinski definition) is 0. The number of Topliss-reactive ketones (excluding diaryl/α,β-unsaturated/α-hetero) is 1. The number of hydrogen-bond acceptors (Lipinski definition) is 2. The van der Waals surface area contributed by atoms with Gasteiger partial charge >= 0.3 is 0 Å². The highest BCUT2D eigenvalue weighted by Gasteiger charge is 2.22. The predicted octanol–water partition coefficient (Wildman–Crippen LogP) is 3.54. The second-order valence-corrected chi connectivity index (χ2v) is 4.62. The average molecular weight is 253 g/mol. The molecule has 0 saturated carbocycles. The monoisotopic (exact) mass is 252 g/mol. The van der Waals surface area contributed by atoms with Gasteiger partial charge in [0.1, 0.15) is 5.78 Å². The van der Waals surface area contributed by atoms with Crippen molar-refractivity contribution in [3.63, 3.8) is 0 Å². The van der Waals surface area contributed by atoms with Gasteiger partial charge in [0, 0.05) is 18.3 Å². The molecule has 0 heterocycles. The second kappa shape index (κ2) is 6.55. The summed E-state index contributed by atoms with van der Waals surface area (Å²) in [5.74, 6) is -0.447. The van der Waals surface area contributed by atoms with Crippen LogP contribution in [-0.4, -0.2) is 11.0 Å². The van der Waals surface area contributed by atoms with E-state index in [1.54, 1.807) is 6.92 Å². The molecule has 0 bridgehead atoms. The molecule has 0 aliphatic heterocycles. The normalized spacial score (nSPS) is 14.1. The fourth-order valence-electron chi connectivity index (χ4n) is 1.86. The van der Waals surface area contributed by atoms with Crippen LogP contribution in [0.25, 0.3) is 0 Å². The summed E-state index contributed by atoms with van der Waals surface area (Å²) in [6.45, 7) is 3.66. The molecule has 0 aliphatic carbocycles. The van der Waals surface area contributed by atoms with Crippen molar-refractivity contribution < 1.29 is 9.59 Å². The molecule has 0 aliphatic rings. The summed E-state index contributed by atoms with van der Waals surface area (Å²) in [6.07, 6.45) is 0.960. The highest BCUT2D eigenvalue weighted by atomic mass is 35.5. The van der Waals surface area contributed by atoms with Gasteiger partial charge < -0.3 is 0 Å². The van der Waals surface area contributed by atoms with E-state index in [1.807, 2.05) is 37.3 Å². The summed E-state index contributed by atoms with van der Waals surface area (Å²) >= 11 is 5.38. The molecule has 1 aromatic rings. The van der Waals surface area contributed by atoms with Gasteiger partial charge in [0.25, 0.3) is 0 Å². The lowest BCUT2D eigenvalue weighted by atomic mass is 9.88. The highest BCUT2D eigenvalue weighted by Crippen LogP contribution is 2.23. The molecular weight excluding hydrogens is 236 g/mol. The van der Waals surface area contributed by atoms with Crippen molar-refractivity contribution in [3.8, 4) is 0 Å². The molecule has 0 amide bonds. The summed E-state index contributed by atoms with van der Waals surface area (Å²) in [5.41, 5.74) is 1.01. The van der Waals surface area contributed by atoms with Gasteiger partial charge in [-0.05, 0) is 23.6 Å². The first-order valence-electron chi connectivity index (χ1n) is 5.83. The number of halogens is 1. The Bertz CT molecular complexity index is 386. The zero-order valence-corrected chi connectivity index (χ0v) is 10.9. The first kappa shape index (κ1) is 13.9. The lowest BCUT2D eigenvalue weighted by Gasteiger charge is -2.15. The fraction of sp³-hybridized carbons (Fsp3) is 0.429. The van der Waals surface area contributed by atoms with Crippen molar-refractivity contribution in [3.05, 3.63) is 35.9 Å². The molecule has 2 atom stereocenters. The average Bonchev–Trinajstić information content (AvgIpc) is 2.31. The maximum absolute atomic E-state index is 12.1. The zero-order valence-electron chi connectivity index (χ0n) is 10.2. The molecule has 2 unspecified atom stereocenters. The Hall–Kier alpha value is -1.15. The van der Waals surface area contributed by atoms with Gasteiger partial charge in [0.2, 0.25) is 5.24 Å². The highest BCUT2D eigenvalue weighted by molar-refractivity contribution is 6.64. The quantitative estimate of drug-likeness (QED) is 0.726. The van der Waals surface area contributed by atoms with E-state index in [1.165, 1.54) is 0 Å². The van der Waals surface area contributed by atoms with Crippen molar-refractivity contribution in [2.24, 2.45) is 5.92 Å². The van der Waals surface area contributed by atoms with Crippen LogP contribution in [0, 0.1) is 5.92 Å². The van der Waals surface area contributed by atoms with Gasteiger partial charge in [-0.1, -0.05) is 44.2 Å².